The number of hydrogen-bond donors (Lipinski definition) is 1. The van der Waals surface area contributed by atoms with E-state index in [1.807, 2.05) is 24.3 Å². The van der Waals surface area contributed by atoms with Crippen LogP contribution in [0.15, 0.2) is 45.3 Å². The first-order valence-corrected chi connectivity index (χ1v) is 9.65. The van der Waals surface area contributed by atoms with Crippen molar-refractivity contribution in [1.29, 1.82) is 0 Å². The molecule has 3 aromatic rings. The molecule has 0 spiro atoms. The Morgan fingerprint density at radius 3 is 2.43 bits per heavy atom. The lowest BCUT2D eigenvalue weighted by molar-refractivity contribution is -0.121. The van der Waals surface area contributed by atoms with Crippen molar-refractivity contribution in [3.05, 3.63) is 57.0 Å². The number of imidazole rings is 1. The highest BCUT2D eigenvalue weighted by atomic mass is 16.2. The van der Waals surface area contributed by atoms with Crippen LogP contribution in [0.4, 0.5) is 5.69 Å². The molecule has 0 fully saturated rings. The third-order valence-electron chi connectivity index (χ3n) is 4.96. The molecule has 0 bridgehead atoms. The molecule has 30 heavy (non-hydrogen) atoms. The van der Waals surface area contributed by atoms with Crippen LogP contribution in [0.25, 0.3) is 11.2 Å². The van der Waals surface area contributed by atoms with Gasteiger partial charge in [0.25, 0.3) is 11.5 Å². The lowest BCUT2D eigenvalue weighted by atomic mass is 10.2. The third-order valence-corrected chi connectivity index (χ3v) is 4.96. The zero-order chi connectivity index (χ0) is 21.8. The van der Waals surface area contributed by atoms with Crippen molar-refractivity contribution in [3.63, 3.8) is 0 Å². The van der Waals surface area contributed by atoms with Gasteiger partial charge in [0.05, 0.1) is 12.5 Å². The number of amides is 1. The number of aryl methyl sites for hydroxylation is 1. The maximum atomic E-state index is 12.4. The van der Waals surface area contributed by atoms with Crippen LogP contribution >= 0.6 is 0 Å². The van der Waals surface area contributed by atoms with Crippen LogP contribution in [-0.2, 0) is 25.4 Å². The van der Waals surface area contributed by atoms with Crippen molar-refractivity contribution in [3.8, 4) is 0 Å². The van der Waals surface area contributed by atoms with E-state index in [-0.39, 0.29) is 17.7 Å². The van der Waals surface area contributed by atoms with Gasteiger partial charge < -0.3 is 9.47 Å². The summed E-state index contributed by atoms with van der Waals surface area (Å²) in [5, 5.41) is 3.98. The topological polar surface area (TPSA) is 107 Å². The van der Waals surface area contributed by atoms with Gasteiger partial charge in [0.15, 0.2) is 11.2 Å². The van der Waals surface area contributed by atoms with Gasteiger partial charge >= 0.3 is 5.69 Å². The minimum atomic E-state index is -0.504. The molecule has 10 nitrogen and oxygen atoms in total. The minimum absolute atomic E-state index is 0.151. The van der Waals surface area contributed by atoms with E-state index in [9.17, 15) is 14.4 Å². The molecule has 10 heteroatoms. The molecule has 0 atom stereocenters. The Labute approximate surface area is 173 Å². The summed E-state index contributed by atoms with van der Waals surface area (Å²) in [6.07, 6.45) is 2.92. The van der Waals surface area contributed by atoms with Crippen LogP contribution in [0, 0.1) is 0 Å². The molecular weight excluding hydrogens is 386 g/mol. The Kier molecular flexibility index (Phi) is 6.14. The molecular formula is C20H25N7O3. The number of anilines is 1. The second-order valence-corrected chi connectivity index (χ2v) is 6.81. The molecule has 1 amide bonds. The van der Waals surface area contributed by atoms with Gasteiger partial charge in [0.2, 0.25) is 0 Å². The fourth-order valence-corrected chi connectivity index (χ4v) is 3.25. The van der Waals surface area contributed by atoms with Crippen molar-refractivity contribution in [1.82, 2.24) is 24.1 Å². The van der Waals surface area contributed by atoms with E-state index >= 15 is 0 Å². The van der Waals surface area contributed by atoms with E-state index < -0.39 is 17.2 Å². The molecule has 0 aliphatic heterocycles. The zero-order valence-electron chi connectivity index (χ0n) is 17.5. The summed E-state index contributed by atoms with van der Waals surface area (Å²) in [5.74, 6) is -0.416. The lowest BCUT2D eigenvalue weighted by Crippen LogP contribution is -2.38. The summed E-state index contributed by atoms with van der Waals surface area (Å²) >= 11 is 0. The highest BCUT2D eigenvalue weighted by molar-refractivity contribution is 5.83. The number of carbonyl (C=O) groups excluding carboxylic acids is 1. The number of hydrazone groups is 1. The second-order valence-electron chi connectivity index (χ2n) is 6.81. The van der Waals surface area contributed by atoms with Gasteiger partial charge in [-0.05, 0) is 31.5 Å². The maximum absolute atomic E-state index is 12.4. The molecule has 0 saturated heterocycles. The number of aromatic nitrogens is 4. The van der Waals surface area contributed by atoms with Gasteiger partial charge in [0.1, 0.15) is 6.54 Å². The van der Waals surface area contributed by atoms with Gasteiger partial charge in [-0.2, -0.15) is 5.10 Å². The molecule has 0 aliphatic carbocycles. The van der Waals surface area contributed by atoms with Gasteiger partial charge in [-0.3, -0.25) is 18.7 Å². The van der Waals surface area contributed by atoms with E-state index in [1.54, 1.807) is 6.21 Å². The van der Waals surface area contributed by atoms with Crippen LogP contribution in [0.5, 0.6) is 0 Å². The first-order chi connectivity index (χ1) is 14.4. The van der Waals surface area contributed by atoms with Crippen molar-refractivity contribution in [2.45, 2.75) is 20.4 Å². The molecule has 0 radical (unpaired) electrons. The third kappa shape index (κ3) is 4.02. The average Bonchev–Trinajstić information content (AvgIpc) is 3.16. The van der Waals surface area contributed by atoms with E-state index in [4.69, 9.17) is 0 Å². The number of fused-ring (bicyclic) bond motifs is 1. The average molecular weight is 411 g/mol. The van der Waals surface area contributed by atoms with Crippen molar-refractivity contribution in [2.24, 2.45) is 19.2 Å². The highest BCUT2D eigenvalue weighted by Gasteiger charge is 2.15. The van der Waals surface area contributed by atoms with Gasteiger partial charge in [-0.15, -0.1) is 0 Å². The minimum Gasteiger partial charge on any atom is -0.372 e. The number of nitrogens with one attached hydrogen (secondary N) is 1. The molecule has 1 N–H and O–H groups in total. The summed E-state index contributed by atoms with van der Waals surface area (Å²) in [5.41, 5.74) is 3.86. The molecule has 0 saturated carbocycles. The van der Waals surface area contributed by atoms with E-state index in [1.165, 1.54) is 29.6 Å². The molecule has 158 valence electrons. The number of hydrogen-bond acceptors (Lipinski definition) is 6. The smallest absolute Gasteiger partial charge is 0.332 e. The Bertz CT molecular complexity index is 1200. The Morgan fingerprint density at radius 1 is 1.13 bits per heavy atom. The van der Waals surface area contributed by atoms with E-state index in [2.05, 4.69) is 34.3 Å². The van der Waals surface area contributed by atoms with Gasteiger partial charge in [-0.25, -0.2) is 15.2 Å². The molecule has 0 unspecified atom stereocenters. The first-order valence-electron chi connectivity index (χ1n) is 9.65. The molecule has 3 rings (SSSR count). The van der Waals surface area contributed by atoms with Crippen LogP contribution in [0.1, 0.15) is 19.4 Å². The molecule has 2 heterocycles. The van der Waals surface area contributed by atoms with Crippen LogP contribution in [0.3, 0.4) is 0 Å². The van der Waals surface area contributed by atoms with Crippen LogP contribution in [-0.4, -0.2) is 43.9 Å². The predicted octanol–water partition coefficient (Wildman–Crippen LogP) is 0.430. The molecule has 1 aromatic carbocycles. The normalized spacial score (nSPS) is 11.3. The summed E-state index contributed by atoms with van der Waals surface area (Å²) in [6.45, 7) is 5.92. The fourth-order valence-electron chi connectivity index (χ4n) is 3.25. The standard InChI is InChI=1S/C20H25N7O3/c1-5-26(6-2)15-9-7-14(8-10-15)11-22-23-16(28)12-27-13-21-18-17(27)19(29)25(4)20(30)24(18)3/h7-11,13H,5-6,12H2,1-4H3,(H,23,28)/b22-11-. The summed E-state index contributed by atoms with van der Waals surface area (Å²) in [7, 11) is 2.91. The lowest BCUT2D eigenvalue weighted by Gasteiger charge is -2.20. The predicted molar refractivity (Wildman–Crippen MR) is 116 cm³/mol. The first kappa shape index (κ1) is 21.0. The monoisotopic (exact) mass is 411 g/mol. The quantitative estimate of drug-likeness (QED) is 0.448. The summed E-state index contributed by atoms with van der Waals surface area (Å²) < 4.78 is 3.66. The second kappa shape index (κ2) is 8.76. The Morgan fingerprint density at radius 2 is 1.80 bits per heavy atom. The van der Waals surface area contributed by atoms with Gasteiger partial charge in [0, 0.05) is 32.9 Å². The van der Waals surface area contributed by atoms with Crippen LogP contribution in [0.2, 0.25) is 0 Å². The highest BCUT2D eigenvalue weighted by Crippen LogP contribution is 2.14. The summed E-state index contributed by atoms with van der Waals surface area (Å²) in [4.78, 5) is 43.0. The maximum Gasteiger partial charge on any atom is 0.332 e. The zero-order valence-corrected chi connectivity index (χ0v) is 17.5. The van der Waals surface area contributed by atoms with E-state index in [0.29, 0.717) is 0 Å². The van der Waals surface area contributed by atoms with Crippen molar-refractivity contribution < 1.29 is 4.79 Å². The fraction of sp³-hybridized carbons (Fsp3) is 0.350. The van der Waals surface area contributed by atoms with E-state index in [0.717, 1.165) is 28.9 Å². The van der Waals surface area contributed by atoms with Crippen LogP contribution < -0.4 is 21.6 Å². The molecule has 2 aromatic heterocycles. The largest absolute Gasteiger partial charge is 0.372 e. The Hall–Kier alpha value is -3.69. The van der Waals surface area contributed by atoms with Crippen molar-refractivity contribution in [2.75, 3.05) is 18.0 Å². The number of nitrogens with zero attached hydrogens (tertiary/aromatic N) is 6. The Balaban J connectivity index is 1.70. The van der Waals surface area contributed by atoms with Crippen molar-refractivity contribution >= 4 is 29.0 Å². The number of rotatable bonds is 7. The number of benzene rings is 1. The summed E-state index contributed by atoms with van der Waals surface area (Å²) in [6, 6.07) is 7.87. The van der Waals surface area contributed by atoms with Gasteiger partial charge in [-0.1, -0.05) is 12.1 Å². The number of carbonyl (C=O) groups is 1. The SMILES string of the molecule is CCN(CC)c1ccc(/C=N\NC(=O)Cn2cnc3c2c(=O)n(C)c(=O)n3C)cc1. The molecule has 0 aliphatic rings.